The summed E-state index contributed by atoms with van der Waals surface area (Å²) in [5, 5.41) is 30.2. The number of Topliss-reactive ketones (excluding diaryl/α,β-unsaturated/α-hetero) is 1. The summed E-state index contributed by atoms with van der Waals surface area (Å²) in [6.45, 7) is 6.27. The molecule has 4 fully saturated rings. The highest BCUT2D eigenvalue weighted by molar-refractivity contribution is 6.13. The van der Waals surface area contributed by atoms with Crippen LogP contribution in [-0.2, 0) is 49.5 Å². The summed E-state index contributed by atoms with van der Waals surface area (Å²) in [5.41, 5.74) is 1.42. The lowest BCUT2D eigenvalue weighted by Gasteiger charge is -2.59. The van der Waals surface area contributed by atoms with Crippen LogP contribution in [0.4, 0.5) is 5.69 Å². The first kappa shape index (κ1) is 44.0. The molecule has 4 aliphatic carbocycles. The van der Waals surface area contributed by atoms with Crippen LogP contribution in [-0.4, -0.2) is 99.3 Å². The highest BCUT2D eigenvalue weighted by atomic mass is 16.7. The normalized spacial score (nSPS) is 32.5. The summed E-state index contributed by atoms with van der Waals surface area (Å²) in [6, 6.07) is 13.0. The molecule has 332 valence electrons. The summed E-state index contributed by atoms with van der Waals surface area (Å²) in [6.07, 6.45) is 7.96. The zero-order valence-corrected chi connectivity index (χ0v) is 35.8. The zero-order chi connectivity index (χ0) is 45.0. The standard InChI is InChI=1S/C48H54N4O11/c1-26(49-39(57)17-19-52-40(58)14-15-41(52)59)43(60)50-27(2)44(61)51-32-7-5-6-29(21-32)20-28-8-10-30(11-9-28)45-62-38-23-35-34-13-12-31-22-33(54)16-18-46(31,3)42(34)36(55)24-47(35,4)48(38,63-45)37(56)25-53/h5-11,14-16,18,21-22,26-27,34-36,38,42,45,53,55H,12-13,17,19-20,23-25H2,1-4H3,(H,49,57)(H,50,60)(H,51,61)/t26-,27-,34-,35-,36-,38+,42+,45+,46-,47-,48+/m1/s1. The summed E-state index contributed by atoms with van der Waals surface area (Å²) >= 11 is 0. The molecule has 11 atom stereocenters. The third-order valence-corrected chi connectivity index (χ3v) is 14.6. The Bertz CT molecular complexity index is 2320. The molecule has 3 saturated carbocycles. The number of ketones is 2. The van der Waals surface area contributed by atoms with Gasteiger partial charge in [-0.3, -0.25) is 38.5 Å². The molecular weight excluding hydrogens is 809 g/mol. The zero-order valence-electron chi connectivity index (χ0n) is 35.8. The fourth-order valence-electron chi connectivity index (χ4n) is 11.5. The second-order valence-corrected chi connectivity index (χ2v) is 18.4. The number of allylic oxidation sites excluding steroid dienone is 4. The van der Waals surface area contributed by atoms with Gasteiger partial charge < -0.3 is 35.6 Å². The molecule has 6 aliphatic rings. The molecule has 2 aromatic rings. The van der Waals surface area contributed by atoms with Crippen molar-refractivity contribution in [1.82, 2.24) is 15.5 Å². The number of amides is 5. The van der Waals surface area contributed by atoms with Crippen LogP contribution in [0.25, 0.3) is 0 Å². The van der Waals surface area contributed by atoms with E-state index in [4.69, 9.17) is 9.47 Å². The van der Waals surface area contributed by atoms with E-state index in [0.717, 1.165) is 46.6 Å². The number of hydrogen-bond donors (Lipinski definition) is 5. The van der Waals surface area contributed by atoms with E-state index in [1.807, 2.05) is 55.5 Å². The Morgan fingerprint density at radius 3 is 2.35 bits per heavy atom. The molecule has 15 nitrogen and oxygen atoms in total. The van der Waals surface area contributed by atoms with Crippen LogP contribution in [0.2, 0.25) is 0 Å². The van der Waals surface area contributed by atoms with Crippen molar-refractivity contribution in [1.29, 1.82) is 0 Å². The molecular formula is C48H54N4O11. The summed E-state index contributed by atoms with van der Waals surface area (Å²) in [4.78, 5) is 88.8. The number of imide groups is 1. The predicted octanol–water partition coefficient (Wildman–Crippen LogP) is 3.14. The predicted molar refractivity (Wildman–Crippen MR) is 227 cm³/mol. The van der Waals surface area contributed by atoms with Crippen molar-refractivity contribution in [2.75, 3.05) is 18.5 Å². The van der Waals surface area contributed by atoms with Gasteiger partial charge in [0.1, 0.15) is 18.7 Å². The van der Waals surface area contributed by atoms with E-state index < -0.39 is 88.9 Å². The highest BCUT2D eigenvalue weighted by Crippen LogP contribution is 2.70. The molecule has 0 radical (unpaired) electrons. The number of carbonyl (C=O) groups excluding carboxylic acids is 7. The van der Waals surface area contributed by atoms with Gasteiger partial charge in [0.2, 0.25) is 17.7 Å². The van der Waals surface area contributed by atoms with Crippen molar-refractivity contribution in [3.05, 3.63) is 101 Å². The van der Waals surface area contributed by atoms with E-state index in [9.17, 15) is 43.8 Å². The molecule has 0 aromatic heterocycles. The number of nitrogens with one attached hydrogen (secondary N) is 3. The number of rotatable bonds is 13. The lowest BCUT2D eigenvalue weighted by atomic mass is 9.46. The van der Waals surface area contributed by atoms with E-state index in [1.165, 1.54) is 13.8 Å². The number of benzene rings is 2. The van der Waals surface area contributed by atoms with Gasteiger partial charge in [0.25, 0.3) is 11.8 Å². The molecule has 2 heterocycles. The lowest BCUT2D eigenvalue weighted by Crippen LogP contribution is -2.63. The first-order valence-corrected chi connectivity index (χ1v) is 21.7. The van der Waals surface area contributed by atoms with Crippen LogP contribution >= 0.6 is 0 Å². The van der Waals surface area contributed by atoms with Crippen LogP contribution in [0.15, 0.2) is 84.5 Å². The topological polar surface area (TPSA) is 218 Å². The number of aliphatic hydroxyl groups excluding tert-OH is 2. The lowest BCUT2D eigenvalue weighted by molar-refractivity contribution is -0.201. The average Bonchev–Trinajstić information content (AvgIpc) is 3.87. The number of ether oxygens (including phenoxy) is 2. The molecule has 5 amide bonds. The van der Waals surface area contributed by atoms with Crippen molar-refractivity contribution < 1.29 is 53.2 Å². The highest BCUT2D eigenvalue weighted by Gasteiger charge is 2.76. The largest absolute Gasteiger partial charge is 0.393 e. The number of aliphatic hydroxyl groups is 2. The molecule has 2 aliphatic heterocycles. The molecule has 8 rings (SSSR count). The number of anilines is 1. The second-order valence-electron chi connectivity index (χ2n) is 18.4. The summed E-state index contributed by atoms with van der Waals surface area (Å²) < 4.78 is 13.4. The Labute approximate surface area is 365 Å². The number of hydrogen-bond acceptors (Lipinski definition) is 11. The molecule has 0 spiro atoms. The number of nitrogens with zero attached hydrogens (tertiary/aromatic N) is 1. The smallest absolute Gasteiger partial charge is 0.253 e. The maximum absolute atomic E-state index is 13.9. The number of fused-ring (bicyclic) bond motifs is 7. The van der Waals surface area contributed by atoms with Crippen molar-refractivity contribution in [3.63, 3.8) is 0 Å². The summed E-state index contributed by atoms with van der Waals surface area (Å²) in [5.74, 6) is -3.15. The first-order chi connectivity index (χ1) is 30.0. The minimum atomic E-state index is -1.45. The monoisotopic (exact) mass is 862 g/mol. The number of carbonyl (C=O) groups is 7. The Kier molecular flexibility index (Phi) is 11.8. The fourth-order valence-corrected chi connectivity index (χ4v) is 11.5. The van der Waals surface area contributed by atoms with Gasteiger partial charge in [0.15, 0.2) is 23.5 Å². The van der Waals surface area contributed by atoms with Crippen LogP contribution in [0.3, 0.4) is 0 Å². The van der Waals surface area contributed by atoms with Gasteiger partial charge in [-0.15, -0.1) is 0 Å². The van der Waals surface area contributed by atoms with E-state index in [-0.39, 0.29) is 36.5 Å². The Morgan fingerprint density at radius 2 is 1.63 bits per heavy atom. The van der Waals surface area contributed by atoms with Crippen LogP contribution < -0.4 is 16.0 Å². The van der Waals surface area contributed by atoms with Crippen LogP contribution in [0, 0.1) is 28.6 Å². The van der Waals surface area contributed by atoms with E-state index in [0.29, 0.717) is 30.5 Å². The van der Waals surface area contributed by atoms with Crippen LogP contribution in [0.1, 0.15) is 82.8 Å². The van der Waals surface area contributed by atoms with Crippen molar-refractivity contribution in [2.45, 2.75) is 102 Å². The fraction of sp³-hybridized carbons (Fsp3) is 0.479. The third kappa shape index (κ3) is 7.78. The van der Waals surface area contributed by atoms with Gasteiger partial charge in [-0.05, 0) is 93.2 Å². The Balaban J connectivity index is 0.869. The molecule has 0 bridgehead atoms. The quantitative estimate of drug-likeness (QED) is 0.184. The molecule has 5 N–H and O–H groups in total. The van der Waals surface area contributed by atoms with Gasteiger partial charge in [0.05, 0.1) is 12.2 Å². The van der Waals surface area contributed by atoms with Crippen molar-refractivity contribution in [3.8, 4) is 0 Å². The SMILES string of the molecule is C[C@@H](NC(=O)CCN1C(=O)C=CC1=O)C(=O)N[C@H](C)C(=O)Nc1cccc(Cc2ccc([C@H]3O[C@H]4C[C@@H]5[C@H]6CCC7=CC(=O)C=C[C@@]7(C)[C@@H]6[C@H](O)C[C@@]5(C)[C@@]4(C(=O)CO)O3)cc2)c1. The van der Waals surface area contributed by atoms with Gasteiger partial charge in [-0.2, -0.15) is 0 Å². The minimum absolute atomic E-state index is 0.0106. The van der Waals surface area contributed by atoms with Gasteiger partial charge in [-0.1, -0.05) is 61.9 Å². The maximum Gasteiger partial charge on any atom is 0.253 e. The molecule has 2 aromatic carbocycles. The van der Waals surface area contributed by atoms with Gasteiger partial charge >= 0.3 is 0 Å². The molecule has 15 heteroatoms. The van der Waals surface area contributed by atoms with Crippen molar-refractivity contribution >= 4 is 46.8 Å². The minimum Gasteiger partial charge on any atom is -0.393 e. The van der Waals surface area contributed by atoms with Crippen molar-refractivity contribution in [2.24, 2.45) is 28.6 Å². The van der Waals surface area contributed by atoms with E-state index >= 15 is 0 Å². The third-order valence-electron chi connectivity index (χ3n) is 14.6. The van der Waals surface area contributed by atoms with Crippen LogP contribution in [0.5, 0.6) is 0 Å². The second kappa shape index (κ2) is 16.8. The van der Waals surface area contributed by atoms with Gasteiger partial charge in [0, 0.05) is 53.1 Å². The molecule has 63 heavy (non-hydrogen) atoms. The molecule has 1 saturated heterocycles. The average molecular weight is 863 g/mol. The Morgan fingerprint density at radius 1 is 0.921 bits per heavy atom. The summed E-state index contributed by atoms with van der Waals surface area (Å²) in [7, 11) is 0. The first-order valence-electron chi connectivity index (χ1n) is 21.7. The molecule has 0 unspecified atom stereocenters. The van der Waals surface area contributed by atoms with Gasteiger partial charge in [-0.25, -0.2) is 0 Å². The van der Waals surface area contributed by atoms with E-state index in [1.54, 1.807) is 18.2 Å². The van der Waals surface area contributed by atoms with E-state index in [2.05, 4.69) is 22.9 Å². The Hall–Kier alpha value is -5.61. The maximum atomic E-state index is 13.9.